The lowest BCUT2D eigenvalue weighted by Crippen LogP contribution is -1.97. The number of fused-ring (bicyclic) bond motifs is 1. The number of aromatic amines is 1. The van der Waals surface area contributed by atoms with Crippen LogP contribution in [0.1, 0.15) is 5.56 Å². The molecular weight excluding hydrogens is 306 g/mol. The number of methoxy groups -OCH3 is 1. The lowest BCUT2D eigenvalue weighted by Gasteiger charge is -2.08. The maximum absolute atomic E-state index is 9.30. The van der Waals surface area contributed by atoms with Crippen LogP contribution in [0.5, 0.6) is 5.75 Å². The van der Waals surface area contributed by atoms with Gasteiger partial charge in [-0.3, -0.25) is 4.57 Å². The van der Waals surface area contributed by atoms with E-state index in [-0.39, 0.29) is 0 Å². The molecule has 4 nitrogen and oxygen atoms in total. The molecule has 0 saturated carbocycles. The van der Waals surface area contributed by atoms with Crippen molar-refractivity contribution in [2.24, 2.45) is 0 Å². The molecule has 2 aromatic carbocycles. The Labute approximate surface area is 131 Å². The summed E-state index contributed by atoms with van der Waals surface area (Å²) in [6.07, 6.45) is 0. The second kappa shape index (κ2) is 5.24. The average molecular weight is 316 g/mol. The fourth-order valence-electron chi connectivity index (χ4n) is 2.30. The number of imidazole rings is 1. The smallest absolute Gasteiger partial charge is 0.182 e. The van der Waals surface area contributed by atoms with E-state index in [4.69, 9.17) is 28.6 Å². The highest BCUT2D eigenvalue weighted by Crippen LogP contribution is 2.29. The number of aromatic nitrogens is 2. The molecule has 1 N–H and O–H groups in total. The quantitative estimate of drug-likeness (QED) is 0.720. The first-order chi connectivity index (χ1) is 10.2. The summed E-state index contributed by atoms with van der Waals surface area (Å²) in [5.41, 5.74) is 2.76. The van der Waals surface area contributed by atoms with Crippen molar-refractivity contribution in [2.45, 2.75) is 0 Å². The molecule has 3 aromatic rings. The Bertz CT molecular complexity index is 936. The van der Waals surface area contributed by atoms with Crippen molar-refractivity contribution in [3.8, 4) is 17.5 Å². The summed E-state index contributed by atoms with van der Waals surface area (Å²) in [6.45, 7) is 0. The van der Waals surface area contributed by atoms with E-state index in [9.17, 15) is 5.26 Å². The monoisotopic (exact) mass is 315 g/mol. The van der Waals surface area contributed by atoms with Gasteiger partial charge in [0.1, 0.15) is 17.3 Å². The molecule has 0 atom stereocenters. The van der Waals surface area contributed by atoms with E-state index in [1.165, 1.54) is 0 Å². The molecule has 104 valence electrons. The first-order valence-electron chi connectivity index (χ1n) is 6.13. The Balaban J connectivity index is 2.42. The average Bonchev–Trinajstić information content (AvgIpc) is 2.82. The highest BCUT2D eigenvalue weighted by Gasteiger charge is 2.13. The predicted octanol–water partition coefficient (Wildman–Crippen LogP) is 4.22. The van der Waals surface area contributed by atoms with Crippen LogP contribution in [-0.2, 0) is 0 Å². The molecule has 0 bridgehead atoms. The Morgan fingerprint density at radius 2 is 2.14 bits per heavy atom. The number of H-pyrrole nitrogens is 1. The van der Waals surface area contributed by atoms with Gasteiger partial charge in [0.25, 0.3) is 0 Å². The summed E-state index contributed by atoms with van der Waals surface area (Å²) in [7, 11) is 1.60. The number of para-hydroxylation sites is 1. The molecular formula is C15H10ClN3OS. The number of ether oxygens (including phenoxy) is 1. The summed E-state index contributed by atoms with van der Waals surface area (Å²) in [5, 5.41) is 9.84. The Morgan fingerprint density at radius 3 is 2.86 bits per heavy atom. The normalized spacial score (nSPS) is 10.5. The van der Waals surface area contributed by atoms with Gasteiger partial charge in [0.15, 0.2) is 4.77 Å². The molecule has 0 fully saturated rings. The van der Waals surface area contributed by atoms with Crippen molar-refractivity contribution in [1.82, 2.24) is 9.55 Å². The fourth-order valence-corrected chi connectivity index (χ4v) is 2.76. The molecule has 0 unspecified atom stereocenters. The molecule has 0 spiro atoms. The second-order valence-electron chi connectivity index (χ2n) is 4.39. The number of halogens is 1. The minimum absolute atomic E-state index is 0.480. The molecule has 6 heteroatoms. The number of hydrogen-bond donors (Lipinski definition) is 1. The van der Waals surface area contributed by atoms with Crippen LogP contribution >= 0.6 is 23.8 Å². The fraction of sp³-hybridized carbons (Fsp3) is 0.0667. The molecule has 0 amide bonds. The molecule has 3 rings (SSSR count). The maximum atomic E-state index is 9.30. The van der Waals surface area contributed by atoms with Gasteiger partial charge in [-0.15, -0.1) is 0 Å². The number of rotatable bonds is 2. The molecule has 1 heterocycles. The van der Waals surface area contributed by atoms with Crippen molar-refractivity contribution >= 4 is 34.9 Å². The third kappa shape index (κ3) is 2.19. The van der Waals surface area contributed by atoms with Crippen molar-refractivity contribution in [1.29, 1.82) is 5.26 Å². The van der Waals surface area contributed by atoms with Crippen molar-refractivity contribution < 1.29 is 4.74 Å². The topological polar surface area (TPSA) is 53.7 Å². The largest absolute Gasteiger partial charge is 0.494 e. The second-order valence-corrected chi connectivity index (χ2v) is 5.22. The first kappa shape index (κ1) is 13.7. The third-order valence-corrected chi connectivity index (χ3v) is 3.74. The maximum Gasteiger partial charge on any atom is 0.182 e. The van der Waals surface area contributed by atoms with E-state index in [0.29, 0.717) is 26.8 Å². The number of benzene rings is 2. The number of hydrogen-bond acceptors (Lipinski definition) is 3. The van der Waals surface area contributed by atoms with Gasteiger partial charge < -0.3 is 9.72 Å². The van der Waals surface area contributed by atoms with Gasteiger partial charge in [-0.25, -0.2) is 0 Å². The van der Waals surface area contributed by atoms with E-state index >= 15 is 0 Å². The minimum atomic E-state index is 0.480. The van der Waals surface area contributed by atoms with Crippen LogP contribution in [0.2, 0.25) is 5.02 Å². The molecule has 0 aliphatic heterocycles. The van der Waals surface area contributed by atoms with Gasteiger partial charge in [0.2, 0.25) is 0 Å². The molecule has 1 aromatic heterocycles. The van der Waals surface area contributed by atoms with Gasteiger partial charge in [-0.1, -0.05) is 17.7 Å². The molecule has 21 heavy (non-hydrogen) atoms. The molecule has 0 aliphatic carbocycles. The summed E-state index contributed by atoms with van der Waals surface area (Å²) in [4.78, 5) is 3.12. The van der Waals surface area contributed by atoms with Gasteiger partial charge in [0, 0.05) is 5.02 Å². The first-order valence-corrected chi connectivity index (χ1v) is 6.92. The van der Waals surface area contributed by atoms with Crippen LogP contribution in [0.15, 0.2) is 36.4 Å². The van der Waals surface area contributed by atoms with Crippen molar-refractivity contribution in [3.63, 3.8) is 0 Å². The molecule has 0 aliphatic rings. The van der Waals surface area contributed by atoms with Crippen molar-refractivity contribution in [3.05, 3.63) is 51.8 Å². The SMILES string of the molecule is COc1cccc2c1[nH]c(=S)n2-c1cc(Cl)ccc1C#N. The van der Waals surface area contributed by atoms with E-state index in [2.05, 4.69) is 11.1 Å². The summed E-state index contributed by atoms with van der Waals surface area (Å²) < 4.78 is 7.60. The molecule has 0 saturated heterocycles. The van der Waals surface area contributed by atoms with E-state index in [1.807, 2.05) is 18.2 Å². The predicted molar refractivity (Wildman–Crippen MR) is 84.7 cm³/mol. The zero-order chi connectivity index (χ0) is 15.0. The van der Waals surface area contributed by atoms with E-state index in [0.717, 1.165) is 11.0 Å². The zero-order valence-electron chi connectivity index (χ0n) is 11.1. The van der Waals surface area contributed by atoms with E-state index in [1.54, 1.807) is 29.9 Å². The van der Waals surface area contributed by atoms with Crippen LogP contribution in [0.4, 0.5) is 0 Å². The highest BCUT2D eigenvalue weighted by atomic mass is 35.5. The standard InChI is InChI=1S/C15H10ClN3OS/c1-20-13-4-2-3-11-14(13)18-15(21)19(11)12-7-10(16)6-5-9(12)8-17/h2-7H,1H3,(H,18,21). The molecule has 0 radical (unpaired) electrons. The number of nitrogens with one attached hydrogen (secondary N) is 1. The lowest BCUT2D eigenvalue weighted by molar-refractivity contribution is 0.419. The lowest BCUT2D eigenvalue weighted by atomic mass is 10.2. The van der Waals surface area contributed by atoms with Crippen LogP contribution in [0, 0.1) is 16.1 Å². The van der Waals surface area contributed by atoms with Crippen LogP contribution in [0.25, 0.3) is 16.7 Å². The van der Waals surface area contributed by atoms with Crippen LogP contribution in [-0.4, -0.2) is 16.7 Å². The van der Waals surface area contributed by atoms with Crippen LogP contribution < -0.4 is 4.74 Å². The third-order valence-electron chi connectivity index (χ3n) is 3.22. The minimum Gasteiger partial charge on any atom is -0.494 e. The van der Waals surface area contributed by atoms with Crippen molar-refractivity contribution in [2.75, 3.05) is 7.11 Å². The van der Waals surface area contributed by atoms with Gasteiger partial charge >= 0.3 is 0 Å². The van der Waals surface area contributed by atoms with Gasteiger partial charge in [0.05, 0.1) is 23.9 Å². The zero-order valence-corrected chi connectivity index (χ0v) is 12.6. The summed E-state index contributed by atoms with van der Waals surface area (Å²) in [6, 6.07) is 12.9. The summed E-state index contributed by atoms with van der Waals surface area (Å²) in [5.74, 6) is 0.692. The highest BCUT2D eigenvalue weighted by molar-refractivity contribution is 7.71. The Hall–Kier alpha value is -2.29. The summed E-state index contributed by atoms with van der Waals surface area (Å²) >= 11 is 11.5. The number of nitriles is 1. The number of nitrogens with zero attached hydrogens (tertiary/aromatic N) is 2. The van der Waals surface area contributed by atoms with Gasteiger partial charge in [-0.2, -0.15) is 5.26 Å². The van der Waals surface area contributed by atoms with Gasteiger partial charge in [-0.05, 0) is 42.5 Å². The van der Waals surface area contributed by atoms with E-state index < -0.39 is 0 Å². The Kier molecular flexibility index (Phi) is 3.42. The Morgan fingerprint density at radius 1 is 1.33 bits per heavy atom. The van der Waals surface area contributed by atoms with Crippen LogP contribution in [0.3, 0.4) is 0 Å².